The lowest BCUT2D eigenvalue weighted by molar-refractivity contribution is -0.301. The highest BCUT2D eigenvalue weighted by Crippen LogP contribution is 2.35. The van der Waals surface area contributed by atoms with E-state index >= 15 is 0 Å². The number of hydrogen-bond acceptors (Lipinski definition) is 7. The van der Waals surface area contributed by atoms with Gasteiger partial charge in [0.25, 0.3) is 0 Å². The Bertz CT molecular complexity index is 1290. The van der Waals surface area contributed by atoms with E-state index in [1.165, 1.54) is 24.3 Å². The molecule has 3 aromatic rings. The Hall–Kier alpha value is -4.54. The van der Waals surface area contributed by atoms with Crippen LogP contribution in [-0.4, -0.2) is 24.0 Å². The van der Waals surface area contributed by atoms with Crippen molar-refractivity contribution in [2.75, 3.05) is 11.5 Å². The number of nitrogen functional groups attached to an aromatic ring is 2. The fourth-order valence-electron chi connectivity index (χ4n) is 2.82. The van der Waals surface area contributed by atoms with Crippen LogP contribution in [0, 0.1) is 0 Å². The molecule has 0 unspecified atom stereocenters. The van der Waals surface area contributed by atoms with Crippen LogP contribution in [0.1, 0.15) is 28.4 Å². The molecule has 0 aromatic heterocycles. The first-order chi connectivity index (χ1) is 17.3. The molecule has 11 heteroatoms. The number of rotatable bonds is 9. The van der Waals surface area contributed by atoms with E-state index in [9.17, 15) is 27.2 Å². The lowest BCUT2D eigenvalue weighted by atomic mass is 10.2. The largest absolute Gasteiger partial charge is 0.463 e. The maximum absolute atomic E-state index is 13.3. The molecule has 0 radical (unpaired) electrons. The van der Waals surface area contributed by atoms with Crippen molar-refractivity contribution >= 4 is 29.4 Å². The average molecular weight is 518 g/mol. The van der Waals surface area contributed by atoms with E-state index in [-0.39, 0.29) is 24.8 Å². The second-order valence-corrected chi connectivity index (χ2v) is 7.89. The molecule has 194 valence electrons. The molecule has 37 heavy (non-hydrogen) atoms. The summed E-state index contributed by atoms with van der Waals surface area (Å²) in [6.07, 6.45) is -2.00. The summed E-state index contributed by atoms with van der Waals surface area (Å²) in [5, 5.41) is 0. The maximum Gasteiger partial charge on any atom is 0.463 e. The van der Waals surface area contributed by atoms with Crippen LogP contribution in [0.15, 0.2) is 72.8 Å². The van der Waals surface area contributed by atoms with E-state index in [0.29, 0.717) is 22.5 Å². The monoisotopic (exact) mass is 518 g/mol. The number of benzene rings is 3. The molecule has 0 bridgehead atoms. The van der Waals surface area contributed by atoms with Gasteiger partial charge in [-0.15, -0.1) is 0 Å². The number of alkyl halides is 4. The quantitative estimate of drug-likeness (QED) is 0.127. The van der Waals surface area contributed by atoms with Gasteiger partial charge in [-0.2, -0.15) is 17.6 Å². The number of nitrogens with two attached hydrogens (primary N) is 2. The first kappa shape index (κ1) is 27.1. The molecular formula is C26H22F4N2O5. The molecule has 3 rings (SSSR count). The average Bonchev–Trinajstić information content (AvgIpc) is 2.82. The van der Waals surface area contributed by atoms with Gasteiger partial charge < -0.3 is 25.7 Å². The number of hydrogen-bond donors (Lipinski definition) is 2. The lowest BCUT2D eigenvalue weighted by Gasteiger charge is -2.23. The molecule has 0 spiro atoms. The molecule has 0 aliphatic heterocycles. The van der Waals surface area contributed by atoms with Gasteiger partial charge in [-0.05, 0) is 60.2 Å². The molecule has 0 saturated carbocycles. The predicted molar refractivity (Wildman–Crippen MR) is 128 cm³/mol. The number of ether oxygens (including phenoxy) is 3. The fraction of sp³-hybridized carbons (Fsp3) is 0.154. The third-order valence-corrected chi connectivity index (χ3v) is 4.89. The Balaban J connectivity index is 1.52. The van der Waals surface area contributed by atoms with Crippen LogP contribution >= 0.6 is 0 Å². The summed E-state index contributed by atoms with van der Waals surface area (Å²) in [4.78, 5) is 24.2. The predicted octanol–water partition coefficient (Wildman–Crippen LogP) is 5.45. The summed E-state index contributed by atoms with van der Waals surface area (Å²) >= 11 is 0. The Morgan fingerprint density at radius 2 is 1.51 bits per heavy atom. The number of anilines is 2. The number of esters is 2. The van der Waals surface area contributed by atoms with Crippen molar-refractivity contribution in [3.63, 3.8) is 0 Å². The van der Waals surface area contributed by atoms with Gasteiger partial charge in [-0.1, -0.05) is 18.2 Å². The minimum Gasteiger partial charge on any atom is -0.458 e. The molecule has 0 aliphatic carbocycles. The first-order valence-electron chi connectivity index (χ1n) is 10.7. The van der Waals surface area contributed by atoms with Crippen molar-refractivity contribution in [3.8, 4) is 11.5 Å². The van der Waals surface area contributed by atoms with E-state index in [2.05, 4.69) is 4.74 Å². The van der Waals surface area contributed by atoms with Crippen molar-refractivity contribution in [3.05, 3.63) is 89.5 Å². The molecule has 3 aromatic carbocycles. The van der Waals surface area contributed by atoms with Crippen molar-refractivity contribution in [2.24, 2.45) is 0 Å². The smallest absolute Gasteiger partial charge is 0.458 e. The van der Waals surface area contributed by atoms with Crippen LogP contribution in [0.3, 0.4) is 0 Å². The molecular weight excluding hydrogens is 496 g/mol. The lowest BCUT2D eigenvalue weighted by Crippen LogP contribution is -2.42. The molecule has 0 atom stereocenters. The molecule has 0 fully saturated rings. The highest BCUT2D eigenvalue weighted by molar-refractivity contribution is 5.91. The van der Waals surface area contributed by atoms with Crippen LogP contribution in [0.25, 0.3) is 6.08 Å². The van der Waals surface area contributed by atoms with Gasteiger partial charge in [0.15, 0.2) is 0 Å². The third kappa shape index (κ3) is 7.47. The maximum atomic E-state index is 13.3. The summed E-state index contributed by atoms with van der Waals surface area (Å²) < 4.78 is 66.8. The minimum atomic E-state index is -4.72. The number of carbonyl (C=O) groups excluding carboxylic acids is 2. The fourth-order valence-corrected chi connectivity index (χ4v) is 2.82. The zero-order chi connectivity index (χ0) is 27.2. The minimum absolute atomic E-state index is 0.0209. The van der Waals surface area contributed by atoms with Gasteiger partial charge in [0, 0.05) is 29.9 Å². The highest BCUT2D eigenvalue weighted by Gasteiger charge is 2.55. The zero-order valence-electron chi connectivity index (χ0n) is 19.4. The molecule has 7 nitrogen and oxygen atoms in total. The van der Waals surface area contributed by atoms with Crippen molar-refractivity contribution in [2.45, 2.75) is 25.6 Å². The summed E-state index contributed by atoms with van der Waals surface area (Å²) in [6.45, 7) is 0.00993. The second-order valence-electron chi connectivity index (χ2n) is 7.89. The van der Waals surface area contributed by atoms with Crippen LogP contribution in [0.5, 0.6) is 11.5 Å². The summed E-state index contributed by atoms with van der Waals surface area (Å²) in [5.41, 5.74) is 13.6. The standard InChI is InChI=1S/C26H22F4N2O5/c1-25(27,28)26(29,30)37-21-11-6-17(7-12-21)24(34)36-20-9-2-16(3-10-20)4-13-23(33)35-15-18-5-8-19(31)14-22(18)32/h2-14H,15,31-32H2,1H3/b13-4+. The molecule has 0 saturated heterocycles. The van der Waals surface area contributed by atoms with E-state index in [1.807, 2.05) is 0 Å². The van der Waals surface area contributed by atoms with Crippen LogP contribution in [0.4, 0.5) is 28.9 Å². The van der Waals surface area contributed by atoms with E-state index in [1.54, 1.807) is 30.3 Å². The number of halogens is 4. The molecule has 0 heterocycles. The van der Waals surface area contributed by atoms with Crippen molar-refractivity contribution in [1.82, 2.24) is 0 Å². The highest BCUT2D eigenvalue weighted by atomic mass is 19.3. The van der Waals surface area contributed by atoms with Gasteiger partial charge >= 0.3 is 24.0 Å². The molecule has 4 N–H and O–H groups in total. The van der Waals surface area contributed by atoms with Gasteiger partial charge in [-0.3, -0.25) is 0 Å². The number of carbonyl (C=O) groups is 2. The van der Waals surface area contributed by atoms with Gasteiger partial charge in [0.1, 0.15) is 18.1 Å². The summed E-state index contributed by atoms with van der Waals surface area (Å²) in [6, 6.07) is 15.1. The Kier molecular flexibility index (Phi) is 8.06. The van der Waals surface area contributed by atoms with Crippen LogP contribution < -0.4 is 20.9 Å². The van der Waals surface area contributed by atoms with Crippen molar-refractivity contribution in [1.29, 1.82) is 0 Å². The molecule has 0 amide bonds. The van der Waals surface area contributed by atoms with E-state index in [0.717, 1.165) is 24.3 Å². The Morgan fingerprint density at radius 1 is 0.892 bits per heavy atom. The summed E-state index contributed by atoms with van der Waals surface area (Å²) in [5.74, 6) is -6.18. The Labute approximate surface area is 209 Å². The SMILES string of the molecule is CC(F)(F)C(F)(F)Oc1ccc(C(=O)Oc2ccc(/C=C/C(=O)OCc3ccc(N)cc3N)cc2)cc1. The zero-order valence-corrected chi connectivity index (χ0v) is 19.4. The van der Waals surface area contributed by atoms with Gasteiger partial charge in [-0.25, -0.2) is 9.59 Å². The van der Waals surface area contributed by atoms with Crippen LogP contribution in [0.2, 0.25) is 0 Å². The molecule has 0 aliphatic rings. The van der Waals surface area contributed by atoms with Crippen molar-refractivity contribution < 1.29 is 41.4 Å². The first-order valence-corrected chi connectivity index (χ1v) is 10.7. The Morgan fingerprint density at radius 3 is 2.11 bits per heavy atom. The second kappa shape index (κ2) is 11.0. The topological polar surface area (TPSA) is 114 Å². The van der Waals surface area contributed by atoms with E-state index in [4.69, 9.17) is 20.9 Å². The van der Waals surface area contributed by atoms with Gasteiger partial charge in [0.2, 0.25) is 0 Å². The van der Waals surface area contributed by atoms with Gasteiger partial charge in [0.05, 0.1) is 5.56 Å². The van der Waals surface area contributed by atoms with Crippen LogP contribution in [-0.2, 0) is 16.1 Å². The normalized spacial score (nSPS) is 11.8. The third-order valence-electron chi connectivity index (χ3n) is 4.89. The summed E-state index contributed by atoms with van der Waals surface area (Å²) in [7, 11) is 0. The van der Waals surface area contributed by atoms with E-state index < -0.39 is 29.7 Å².